The van der Waals surface area contributed by atoms with Gasteiger partial charge in [0, 0.05) is 0 Å². The Hall–Kier alpha value is -1.01. The Labute approximate surface area is 79.1 Å². The summed E-state index contributed by atoms with van der Waals surface area (Å²) in [5, 5.41) is 11.7. The molecule has 1 N–H and O–H groups in total. The van der Waals surface area contributed by atoms with E-state index in [2.05, 4.69) is 15.5 Å². The van der Waals surface area contributed by atoms with Crippen LogP contribution < -0.4 is 5.32 Å². The lowest BCUT2D eigenvalue weighted by molar-refractivity contribution is -0.133. The molecule has 2 heterocycles. The van der Waals surface area contributed by atoms with Gasteiger partial charge in [0.15, 0.2) is 0 Å². The highest BCUT2D eigenvalue weighted by Crippen LogP contribution is 2.17. The summed E-state index contributed by atoms with van der Waals surface area (Å²) < 4.78 is 4.91. The van der Waals surface area contributed by atoms with Crippen LogP contribution in [0.1, 0.15) is 5.01 Å². The second kappa shape index (κ2) is 3.39. The molecule has 0 saturated carbocycles. The molecule has 1 saturated heterocycles. The number of rotatable bonds is 2. The van der Waals surface area contributed by atoms with Crippen molar-refractivity contribution >= 4 is 22.4 Å². The van der Waals surface area contributed by atoms with Crippen molar-refractivity contribution in [2.24, 2.45) is 5.92 Å². The summed E-state index contributed by atoms with van der Waals surface area (Å²) in [7, 11) is 0. The van der Waals surface area contributed by atoms with E-state index in [0.717, 1.165) is 5.01 Å². The fourth-order valence-electron chi connectivity index (χ4n) is 0.942. The zero-order valence-corrected chi connectivity index (χ0v) is 7.93. The molecule has 70 valence electrons. The van der Waals surface area contributed by atoms with Crippen LogP contribution in [-0.2, 0) is 9.53 Å². The van der Waals surface area contributed by atoms with Gasteiger partial charge in [0.25, 0.3) is 0 Å². The normalized spacial score (nSPS) is 16.7. The molecule has 1 fully saturated rings. The van der Waals surface area contributed by atoms with Crippen LogP contribution in [0.25, 0.3) is 0 Å². The Bertz CT molecular complexity index is 321. The monoisotopic (exact) mass is 199 g/mol. The first kappa shape index (κ1) is 8.58. The molecule has 1 aliphatic heterocycles. The molecule has 1 amide bonds. The van der Waals surface area contributed by atoms with E-state index in [1.54, 1.807) is 0 Å². The van der Waals surface area contributed by atoms with Crippen LogP contribution in [0.2, 0.25) is 0 Å². The van der Waals surface area contributed by atoms with Gasteiger partial charge in [-0.05, 0) is 6.92 Å². The van der Waals surface area contributed by atoms with Crippen molar-refractivity contribution in [3.05, 3.63) is 5.01 Å². The van der Waals surface area contributed by atoms with Crippen molar-refractivity contribution in [3.63, 3.8) is 0 Å². The summed E-state index contributed by atoms with van der Waals surface area (Å²) in [6.45, 7) is 2.88. The van der Waals surface area contributed by atoms with E-state index in [9.17, 15) is 4.79 Å². The highest BCUT2D eigenvalue weighted by atomic mass is 32.1. The SMILES string of the molecule is Cc1nnc(NC(=O)C2COC2)s1. The number of aryl methyl sites for hydroxylation is 1. The van der Waals surface area contributed by atoms with Gasteiger partial charge in [0.2, 0.25) is 11.0 Å². The van der Waals surface area contributed by atoms with E-state index in [1.807, 2.05) is 6.92 Å². The minimum absolute atomic E-state index is 0.00999. The van der Waals surface area contributed by atoms with Gasteiger partial charge in [0.05, 0.1) is 19.1 Å². The standard InChI is InChI=1S/C7H9N3O2S/c1-4-9-10-7(13-4)8-6(11)5-2-12-3-5/h5H,2-3H2,1H3,(H,8,10,11). The Balaban J connectivity index is 1.93. The number of nitrogens with one attached hydrogen (secondary N) is 1. The van der Waals surface area contributed by atoms with Gasteiger partial charge in [-0.25, -0.2) is 0 Å². The molecular weight excluding hydrogens is 190 g/mol. The van der Waals surface area contributed by atoms with Crippen molar-refractivity contribution in [1.29, 1.82) is 0 Å². The van der Waals surface area contributed by atoms with Gasteiger partial charge in [0.1, 0.15) is 5.01 Å². The molecule has 0 spiro atoms. The summed E-state index contributed by atoms with van der Waals surface area (Å²) >= 11 is 1.37. The van der Waals surface area contributed by atoms with E-state index in [1.165, 1.54) is 11.3 Å². The number of hydrogen-bond acceptors (Lipinski definition) is 5. The summed E-state index contributed by atoms with van der Waals surface area (Å²) in [5.74, 6) is -0.0355. The number of carbonyl (C=O) groups is 1. The van der Waals surface area contributed by atoms with Crippen molar-refractivity contribution in [2.75, 3.05) is 18.5 Å². The fourth-order valence-corrected chi connectivity index (χ4v) is 1.54. The van der Waals surface area contributed by atoms with Crippen LogP contribution in [0.15, 0.2) is 0 Å². The molecular formula is C7H9N3O2S. The van der Waals surface area contributed by atoms with Gasteiger partial charge < -0.3 is 10.1 Å². The van der Waals surface area contributed by atoms with E-state index in [0.29, 0.717) is 18.3 Å². The van der Waals surface area contributed by atoms with E-state index < -0.39 is 0 Å². The van der Waals surface area contributed by atoms with E-state index in [-0.39, 0.29) is 11.8 Å². The van der Waals surface area contributed by atoms with Crippen molar-refractivity contribution in [2.45, 2.75) is 6.92 Å². The van der Waals surface area contributed by atoms with Crippen LogP contribution in [0, 0.1) is 12.8 Å². The molecule has 0 aromatic carbocycles. The number of hydrogen-bond donors (Lipinski definition) is 1. The minimum atomic E-state index is -0.0256. The molecule has 1 aliphatic rings. The van der Waals surface area contributed by atoms with Gasteiger partial charge in [-0.1, -0.05) is 11.3 Å². The Morgan fingerprint density at radius 3 is 2.85 bits per heavy atom. The molecule has 0 atom stereocenters. The van der Waals surface area contributed by atoms with Crippen molar-refractivity contribution in [1.82, 2.24) is 10.2 Å². The Kier molecular flexibility index (Phi) is 2.24. The maximum absolute atomic E-state index is 11.4. The Morgan fingerprint density at radius 1 is 1.62 bits per heavy atom. The van der Waals surface area contributed by atoms with Gasteiger partial charge in [-0.3, -0.25) is 4.79 Å². The minimum Gasteiger partial charge on any atom is -0.380 e. The smallest absolute Gasteiger partial charge is 0.233 e. The predicted molar refractivity (Wildman–Crippen MR) is 47.6 cm³/mol. The second-order valence-corrected chi connectivity index (χ2v) is 4.03. The second-order valence-electron chi connectivity index (χ2n) is 2.85. The maximum Gasteiger partial charge on any atom is 0.233 e. The number of carbonyl (C=O) groups excluding carboxylic acids is 1. The molecule has 0 radical (unpaired) electrons. The molecule has 0 bridgehead atoms. The lowest BCUT2D eigenvalue weighted by Gasteiger charge is -2.23. The quantitative estimate of drug-likeness (QED) is 0.750. The van der Waals surface area contributed by atoms with Crippen LogP contribution in [-0.4, -0.2) is 29.3 Å². The highest BCUT2D eigenvalue weighted by Gasteiger charge is 2.26. The predicted octanol–water partition coefficient (Wildman–Crippen LogP) is 0.431. The molecule has 13 heavy (non-hydrogen) atoms. The first-order valence-corrected chi connectivity index (χ1v) is 4.76. The molecule has 0 aliphatic carbocycles. The summed E-state index contributed by atoms with van der Waals surface area (Å²) in [6.07, 6.45) is 0. The van der Waals surface area contributed by atoms with Crippen LogP contribution in [0.3, 0.4) is 0 Å². The third-order valence-corrected chi connectivity index (χ3v) is 2.52. The number of nitrogens with zero attached hydrogens (tertiary/aromatic N) is 2. The van der Waals surface area contributed by atoms with E-state index >= 15 is 0 Å². The van der Waals surface area contributed by atoms with Gasteiger partial charge in [-0.2, -0.15) is 0 Å². The first-order chi connectivity index (χ1) is 6.25. The van der Waals surface area contributed by atoms with Crippen molar-refractivity contribution in [3.8, 4) is 0 Å². The van der Waals surface area contributed by atoms with Crippen LogP contribution in [0.4, 0.5) is 5.13 Å². The third-order valence-electron chi connectivity index (χ3n) is 1.77. The lowest BCUT2D eigenvalue weighted by Crippen LogP contribution is -2.38. The topological polar surface area (TPSA) is 64.1 Å². The number of ether oxygens (including phenoxy) is 1. The fraction of sp³-hybridized carbons (Fsp3) is 0.571. The molecule has 2 rings (SSSR count). The highest BCUT2D eigenvalue weighted by molar-refractivity contribution is 7.15. The molecule has 1 aromatic heterocycles. The Morgan fingerprint density at radius 2 is 2.38 bits per heavy atom. The maximum atomic E-state index is 11.4. The van der Waals surface area contributed by atoms with Gasteiger partial charge >= 0.3 is 0 Å². The molecule has 0 unspecified atom stereocenters. The molecule has 5 nitrogen and oxygen atoms in total. The third kappa shape index (κ3) is 1.84. The van der Waals surface area contributed by atoms with Crippen LogP contribution >= 0.6 is 11.3 Å². The average molecular weight is 199 g/mol. The number of anilines is 1. The summed E-state index contributed by atoms with van der Waals surface area (Å²) in [5.41, 5.74) is 0. The summed E-state index contributed by atoms with van der Waals surface area (Å²) in [4.78, 5) is 11.4. The first-order valence-electron chi connectivity index (χ1n) is 3.94. The largest absolute Gasteiger partial charge is 0.380 e. The molecule has 1 aromatic rings. The van der Waals surface area contributed by atoms with Crippen molar-refractivity contribution < 1.29 is 9.53 Å². The van der Waals surface area contributed by atoms with Crippen LogP contribution in [0.5, 0.6) is 0 Å². The van der Waals surface area contributed by atoms with E-state index in [4.69, 9.17) is 4.74 Å². The summed E-state index contributed by atoms with van der Waals surface area (Å²) in [6, 6.07) is 0. The zero-order valence-electron chi connectivity index (χ0n) is 7.11. The zero-order chi connectivity index (χ0) is 9.26. The van der Waals surface area contributed by atoms with Gasteiger partial charge in [-0.15, -0.1) is 10.2 Å². The number of amides is 1. The molecule has 6 heteroatoms. The number of aromatic nitrogens is 2. The lowest BCUT2D eigenvalue weighted by atomic mass is 10.1. The average Bonchev–Trinajstić information content (AvgIpc) is 2.31.